The minimum Gasteiger partial charge on any atom is -0.316 e. The number of nitrogens with one attached hydrogen (secondary N) is 1. The Kier molecular flexibility index (Phi) is 7.38. The van der Waals surface area contributed by atoms with Gasteiger partial charge >= 0.3 is 0 Å². The molecule has 0 heterocycles. The molecule has 0 bridgehead atoms. The molecule has 0 spiro atoms. The highest BCUT2D eigenvalue weighted by Gasteiger charge is 2.10. The third-order valence-electron chi connectivity index (χ3n) is 2.97. The van der Waals surface area contributed by atoms with Gasteiger partial charge in [0.1, 0.15) is 0 Å². The lowest BCUT2D eigenvalue weighted by Crippen LogP contribution is -2.21. The third kappa shape index (κ3) is 5.60. The lowest BCUT2D eigenvalue weighted by atomic mass is 9.95. The van der Waals surface area contributed by atoms with Crippen LogP contribution in [0.4, 0.5) is 0 Å². The normalized spacial score (nSPS) is 12.6. The first-order valence-corrected chi connectivity index (χ1v) is 7.78. The van der Waals surface area contributed by atoms with Crippen molar-refractivity contribution in [3.05, 3.63) is 35.4 Å². The van der Waals surface area contributed by atoms with E-state index >= 15 is 0 Å². The maximum atomic E-state index is 3.48. The molecule has 1 unspecified atom stereocenters. The van der Waals surface area contributed by atoms with Crippen molar-refractivity contribution in [3.8, 4) is 0 Å². The molecule has 1 N–H and O–H groups in total. The van der Waals surface area contributed by atoms with Gasteiger partial charge in [-0.25, -0.2) is 0 Å². The predicted octanol–water partition coefficient (Wildman–Crippen LogP) is 3.83. The quantitative estimate of drug-likeness (QED) is 0.705. The van der Waals surface area contributed by atoms with Crippen molar-refractivity contribution in [2.45, 2.75) is 33.1 Å². The van der Waals surface area contributed by atoms with Gasteiger partial charge in [0.25, 0.3) is 0 Å². The van der Waals surface area contributed by atoms with E-state index < -0.39 is 0 Å². The molecule has 96 valence electrons. The van der Waals surface area contributed by atoms with Crippen LogP contribution in [-0.4, -0.2) is 24.6 Å². The minimum atomic E-state index is 0.661. The van der Waals surface area contributed by atoms with E-state index in [0.29, 0.717) is 5.92 Å². The van der Waals surface area contributed by atoms with Gasteiger partial charge < -0.3 is 5.32 Å². The summed E-state index contributed by atoms with van der Waals surface area (Å²) in [5, 5.41) is 3.48. The van der Waals surface area contributed by atoms with Crippen molar-refractivity contribution < 1.29 is 0 Å². The fraction of sp³-hybridized carbons (Fsp3) is 0.600. The van der Waals surface area contributed by atoms with Gasteiger partial charge in [0, 0.05) is 6.54 Å². The van der Waals surface area contributed by atoms with Crippen molar-refractivity contribution in [1.82, 2.24) is 5.32 Å². The second kappa shape index (κ2) is 8.60. The molecular weight excluding hydrogens is 226 g/mol. The monoisotopic (exact) mass is 251 g/mol. The third-order valence-corrected chi connectivity index (χ3v) is 3.90. The second-order valence-electron chi connectivity index (χ2n) is 4.40. The van der Waals surface area contributed by atoms with Crippen LogP contribution in [0.1, 0.15) is 37.3 Å². The van der Waals surface area contributed by atoms with Gasteiger partial charge in [-0.1, -0.05) is 43.7 Å². The predicted molar refractivity (Wildman–Crippen MR) is 80.1 cm³/mol. The summed E-state index contributed by atoms with van der Waals surface area (Å²) in [6.07, 6.45) is 1.27. The molecule has 0 fully saturated rings. The summed E-state index contributed by atoms with van der Waals surface area (Å²) < 4.78 is 0. The van der Waals surface area contributed by atoms with E-state index in [0.717, 1.165) is 13.1 Å². The molecule has 0 saturated heterocycles. The number of thioether (sulfide) groups is 1. The molecule has 17 heavy (non-hydrogen) atoms. The number of aryl methyl sites for hydroxylation is 1. The Hall–Kier alpha value is -0.470. The minimum absolute atomic E-state index is 0.661. The van der Waals surface area contributed by atoms with E-state index in [1.807, 2.05) is 11.8 Å². The fourth-order valence-corrected chi connectivity index (χ4v) is 2.74. The first-order valence-electron chi connectivity index (χ1n) is 6.63. The average Bonchev–Trinajstić information content (AvgIpc) is 2.33. The first-order chi connectivity index (χ1) is 8.27. The van der Waals surface area contributed by atoms with E-state index in [1.165, 1.54) is 29.1 Å². The highest BCUT2D eigenvalue weighted by atomic mass is 32.2. The zero-order valence-electron chi connectivity index (χ0n) is 11.3. The molecule has 0 aliphatic carbocycles. The Morgan fingerprint density at radius 1 is 1.29 bits per heavy atom. The lowest BCUT2D eigenvalue weighted by molar-refractivity contribution is 0.587. The van der Waals surface area contributed by atoms with Gasteiger partial charge in [0.2, 0.25) is 0 Å². The van der Waals surface area contributed by atoms with Gasteiger partial charge in [0.15, 0.2) is 0 Å². The van der Waals surface area contributed by atoms with Crippen LogP contribution in [0.5, 0.6) is 0 Å². The summed E-state index contributed by atoms with van der Waals surface area (Å²) in [6, 6.07) is 8.95. The summed E-state index contributed by atoms with van der Waals surface area (Å²) in [7, 11) is 0. The molecule has 1 atom stereocenters. The van der Waals surface area contributed by atoms with E-state index in [1.54, 1.807) is 0 Å². The second-order valence-corrected chi connectivity index (χ2v) is 5.80. The number of hydrogen-bond donors (Lipinski definition) is 1. The smallest absolute Gasteiger partial charge is 0.00203 e. The zero-order valence-corrected chi connectivity index (χ0v) is 12.1. The van der Waals surface area contributed by atoms with Crippen LogP contribution in [0.15, 0.2) is 24.3 Å². The maximum Gasteiger partial charge on any atom is 0.00203 e. The molecule has 0 aliphatic rings. The van der Waals surface area contributed by atoms with Gasteiger partial charge in [0.05, 0.1) is 0 Å². The number of rotatable bonds is 8. The van der Waals surface area contributed by atoms with Crippen molar-refractivity contribution in [2.24, 2.45) is 0 Å². The lowest BCUT2D eigenvalue weighted by Gasteiger charge is -2.18. The maximum absolute atomic E-state index is 3.48. The summed E-state index contributed by atoms with van der Waals surface area (Å²) in [5.74, 6) is 3.15. The van der Waals surface area contributed by atoms with Crippen molar-refractivity contribution in [1.29, 1.82) is 0 Å². The molecular formula is C15H25NS. The standard InChI is InChI=1S/C15H25NS/c1-4-16-12-15(9-10-17-5-2)14-8-6-7-13(3)11-14/h6-8,11,15-16H,4-5,9-10,12H2,1-3H3. The van der Waals surface area contributed by atoms with Gasteiger partial charge in [-0.05, 0) is 42.9 Å². The summed E-state index contributed by atoms with van der Waals surface area (Å²) in [4.78, 5) is 0. The summed E-state index contributed by atoms with van der Waals surface area (Å²) in [6.45, 7) is 8.74. The Morgan fingerprint density at radius 3 is 2.76 bits per heavy atom. The molecule has 0 aromatic heterocycles. The van der Waals surface area contributed by atoms with Gasteiger partial charge in [-0.3, -0.25) is 0 Å². The first kappa shape index (κ1) is 14.6. The molecule has 0 radical (unpaired) electrons. The largest absolute Gasteiger partial charge is 0.316 e. The summed E-state index contributed by atoms with van der Waals surface area (Å²) in [5.41, 5.74) is 2.86. The molecule has 2 heteroatoms. The van der Waals surface area contributed by atoms with Gasteiger partial charge in [-0.2, -0.15) is 11.8 Å². The van der Waals surface area contributed by atoms with E-state index in [2.05, 4.69) is 50.4 Å². The fourth-order valence-electron chi connectivity index (χ4n) is 2.00. The number of hydrogen-bond acceptors (Lipinski definition) is 2. The molecule has 1 rings (SSSR count). The molecule has 0 saturated carbocycles. The van der Waals surface area contributed by atoms with Crippen LogP contribution in [-0.2, 0) is 0 Å². The number of likely N-dealkylation sites (N-methyl/N-ethyl adjacent to an activating group) is 1. The number of benzene rings is 1. The topological polar surface area (TPSA) is 12.0 Å². The molecule has 0 aliphatic heterocycles. The molecule has 1 aromatic carbocycles. The Labute approximate surface area is 110 Å². The summed E-state index contributed by atoms with van der Waals surface area (Å²) >= 11 is 2.04. The van der Waals surface area contributed by atoms with Crippen LogP contribution in [0.2, 0.25) is 0 Å². The SMILES string of the molecule is CCNCC(CCSCC)c1cccc(C)c1. The van der Waals surface area contributed by atoms with Gasteiger partial charge in [-0.15, -0.1) is 0 Å². The van der Waals surface area contributed by atoms with E-state index in [-0.39, 0.29) is 0 Å². The Morgan fingerprint density at radius 2 is 2.12 bits per heavy atom. The van der Waals surface area contributed by atoms with Crippen molar-refractivity contribution >= 4 is 11.8 Å². The molecule has 1 nitrogen and oxygen atoms in total. The Bertz CT molecular complexity index is 312. The average molecular weight is 251 g/mol. The molecule has 1 aromatic rings. The van der Waals surface area contributed by atoms with Crippen LogP contribution >= 0.6 is 11.8 Å². The molecule has 0 amide bonds. The Balaban J connectivity index is 2.60. The van der Waals surface area contributed by atoms with E-state index in [9.17, 15) is 0 Å². The van der Waals surface area contributed by atoms with Crippen LogP contribution in [0.25, 0.3) is 0 Å². The highest BCUT2D eigenvalue weighted by Crippen LogP contribution is 2.22. The highest BCUT2D eigenvalue weighted by molar-refractivity contribution is 7.99. The zero-order chi connectivity index (χ0) is 12.5. The van der Waals surface area contributed by atoms with Crippen molar-refractivity contribution in [2.75, 3.05) is 24.6 Å². The van der Waals surface area contributed by atoms with Crippen LogP contribution in [0, 0.1) is 6.92 Å². The van der Waals surface area contributed by atoms with Crippen LogP contribution < -0.4 is 5.32 Å². The van der Waals surface area contributed by atoms with Crippen LogP contribution in [0.3, 0.4) is 0 Å². The van der Waals surface area contributed by atoms with Crippen molar-refractivity contribution in [3.63, 3.8) is 0 Å². The van der Waals surface area contributed by atoms with E-state index in [4.69, 9.17) is 0 Å².